The van der Waals surface area contributed by atoms with Crippen LogP contribution < -0.4 is 9.46 Å². The third kappa shape index (κ3) is 6.55. The van der Waals surface area contributed by atoms with Crippen molar-refractivity contribution in [1.29, 1.82) is 0 Å². The van der Waals surface area contributed by atoms with Gasteiger partial charge in [-0.3, -0.25) is 4.79 Å². The lowest BCUT2D eigenvalue weighted by molar-refractivity contribution is 0.0313. The number of aliphatic hydroxyl groups excluding tert-OH is 1. The highest BCUT2D eigenvalue weighted by molar-refractivity contribution is 7.92. The molecule has 3 aromatic rings. The lowest BCUT2D eigenvalue weighted by Crippen LogP contribution is -2.51. The number of hydrogen-bond acceptors (Lipinski definition) is 7. The second-order valence-corrected chi connectivity index (χ2v) is 14.1. The van der Waals surface area contributed by atoms with Crippen molar-refractivity contribution in [2.75, 3.05) is 17.9 Å². The molecule has 1 saturated carbocycles. The van der Waals surface area contributed by atoms with Gasteiger partial charge in [-0.1, -0.05) is 38.1 Å². The molecule has 1 fully saturated rings. The molecule has 2 heterocycles. The maximum absolute atomic E-state index is 14.3. The van der Waals surface area contributed by atoms with E-state index in [-0.39, 0.29) is 59.8 Å². The smallest absolute Gasteiger partial charge is 0.264 e. The lowest BCUT2D eigenvalue weighted by atomic mass is 9.84. The Hall–Kier alpha value is -3.50. The van der Waals surface area contributed by atoms with Crippen LogP contribution >= 0.6 is 0 Å². The largest absolute Gasteiger partial charge is 0.475 e. The van der Waals surface area contributed by atoms with Gasteiger partial charge in [0.1, 0.15) is 6.61 Å². The summed E-state index contributed by atoms with van der Waals surface area (Å²) in [6, 6.07) is 11.8. The normalized spacial score (nSPS) is 22.2. The topological polar surface area (TPSA) is 122 Å². The summed E-state index contributed by atoms with van der Waals surface area (Å²) >= 11 is 0. The molecule has 2 aliphatic rings. The number of fused-ring (bicyclic) bond motifs is 4. The molecule has 1 amide bonds. The molecule has 2 aromatic carbocycles. The fourth-order valence-corrected chi connectivity index (χ4v) is 7.44. The predicted octanol–water partition coefficient (Wildman–Crippen LogP) is 5.67. The average molecular weight is 607 g/mol. The van der Waals surface area contributed by atoms with Gasteiger partial charge in [0.15, 0.2) is 0 Å². The Kier molecular flexibility index (Phi) is 9.08. The second-order valence-electron chi connectivity index (χ2n) is 12.4. The standard InChI is InChI=1S/C33H42N4O5S/c1-20(2)16-27-19-42-31-23(5)30(29-21(3)8-6-9-22(29)4)34-33(35-31)36-43(40,41)28-11-7-10-25(17-28)32(39)37(27)26-14-12-24(18-38)13-15-26/h6-11,17,20,24,26-27,38H,12-16,18-19H2,1-5H3,(H,34,35,36)/t24?,26?,27-/m1/s1. The first-order valence-electron chi connectivity index (χ1n) is 15.1. The fourth-order valence-electron chi connectivity index (χ4n) is 6.45. The Bertz CT molecular complexity index is 1580. The molecule has 1 atom stereocenters. The molecule has 1 aliphatic heterocycles. The molecule has 1 aromatic heterocycles. The van der Waals surface area contributed by atoms with Gasteiger partial charge in [-0.25, -0.2) is 18.1 Å². The number of amides is 1. The summed E-state index contributed by atoms with van der Waals surface area (Å²) in [5, 5.41) is 9.74. The van der Waals surface area contributed by atoms with Gasteiger partial charge < -0.3 is 14.7 Å². The number of aryl methyl sites for hydroxylation is 2. The monoisotopic (exact) mass is 606 g/mol. The molecule has 0 radical (unpaired) electrons. The third-order valence-electron chi connectivity index (χ3n) is 8.69. The van der Waals surface area contributed by atoms with Crippen LogP contribution in [0.4, 0.5) is 5.95 Å². The second kappa shape index (κ2) is 12.6. The zero-order valence-electron chi connectivity index (χ0n) is 25.6. The van der Waals surface area contributed by atoms with Crippen LogP contribution in [0.1, 0.15) is 73.0 Å². The van der Waals surface area contributed by atoms with E-state index in [1.165, 1.54) is 12.1 Å². The summed E-state index contributed by atoms with van der Waals surface area (Å²) < 4.78 is 36.3. The molecule has 43 heavy (non-hydrogen) atoms. The molecule has 5 rings (SSSR count). The summed E-state index contributed by atoms with van der Waals surface area (Å²) in [7, 11) is -4.13. The van der Waals surface area contributed by atoms with E-state index in [4.69, 9.17) is 4.74 Å². The van der Waals surface area contributed by atoms with Gasteiger partial charge in [0.25, 0.3) is 15.9 Å². The summed E-state index contributed by atoms with van der Waals surface area (Å²) in [5.41, 5.74) is 4.49. The number of sulfonamides is 1. The fraction of sp³-hybridized carbons (Fsp3) is 0.485. The first-order valence-corrected chi connectivity index (χ1v) is 16.6. The number of benzene rings is 2. The molecule has 2 N–H and O–H groups in total. The van der Waals surface area contributed by atoms with Crippen LogP contribution in [0.15, 0.2) is 47.4 Å². The first kappa shape index (κ1) is 30.9. The number of nitrogens with zero attached hydrogens (tertiary/aromatic N) is 3. The van der Waals surface area contributed by atoms with E-state index in [9.17, 15) is 18.3 Å². The number of aliphatic hydroxyl groups is 1. The minimum Gasteiger partial charge on any atom is -0.475 e. The number of aromatic nitrogens is 2. The van der Waals surface area contributed by atoms with Crippen LogP contribution in [0.2, 0.25) is 0 Å². The van der Waals surface area contributed by atoms with Crippen molar-refractivity contribution in [3.63, 3.8) is 0 Å². The predicted molar refractivity (Wildman–Crippen MR) is 167 cm³/mol. The first-order chi connectivity index (χ1) is 20.5. The maximum Gasteiger partial charge on any atom is 0.264 e. The Morgan fingerprint density at radius 2 is 1.70 bits per heavy atom. The Labute approximate surface area is 254 Å². The van der Waals surface area contributed by atoms with E-state index in [1.807, 2.05) is 43.9 Å². The zero-order valence-corrected chi connectivity index (χ0v) is 26.4. The number of rotatable bonds is 5. The van der Waals surface area contributed by atoms with Crippen LogP contribution in [0.3, 0.4) is 0 Å². The number of hydrogen-bond donors (Lipinski definition) is 2. The van der Waals surface area contributed by atoms with E-state index in [0.717, 1.165) is 42.4 Å². The summed E-state index contributed by atoms with van der Waals surface area (Å²) in [4.78, 5) is 25.4. The van der Waals surface area contributed by atoms with Gasteiger partial charge in [0.05, 0.1) is 16.6 Å². The Morgan fingerprint density at radius 3 is 2.35 bits per heavy atom. The van der Waals surface area contributed by atoms with E-state index in [2.05, 4.69) is 28.5 Å². The molecular weight excluding hydrogens is 564 g/mol. The molecule has 230 valence electrons. The van der Waals surface area contributed by atoms with Crippen LogP contribution in [-0.4, -0.2) is 59.6 Å². The van der Waals surface area contributed by atoms with Gasteiger partial charge in [-0.05, 0) is 94.0 Å². The van der Waals surface area contributed by atoms with Crippen LogP contribution in [0.5, 0.6) is 5.88 Å². The molecular formula is C33H42N4O5S. The van der Waals surface area contributed by atoms with Crippen molar-refractivity contribution in [1.82, 2.24) is 14.9 Å². The highest BCUT2D eigenvalue weighted by Crippen LogP contribution is 2.35. The van der Waals surface area contributed by atoms with Gasteiger partial charge in [-0.15, -0.1) is 0 Å². The van der Waals surface area contributed by atoms with Crippen molar-refractivity contribution in [2.45, 2.75) is 83.7 Å². The van der Waals surface area contributed by atoms with Crippen molar-refractivity contribution >= 4 is 21.9 Å². The summed E-state index contributed by atoms with van der Waals surface area (Å²) in [5.74, 6) is 0.472. The quantitative estimate of drug-likeness (QED) is 0.384. The minimum absolute atomic E-state index is 0.0396. The Morgan fingerprint density at radius 1 is 1.02 bits per heavy atom. The Balaban J connectivity index is 1.68. The van der Waals surface area contributed by atoms with Crippen LogP contribution in [0, 0.1) is 32.6 Å². The number of carbonyl (C=O) groups excluding carboxylic acids is 1. The van der Waals surface area contributed by atoms with Crippen molar-refractivity contribution in [3.05, 3.63) is 64.7 Å². The van der Waals surface area contributed by atoms with Crippen LogP contribution in [-0.2, 0) is 10.0 Å². The summed E-state index contributed by atoms with van der Waals surface area (Å²) in [6.07, 6.45) is 3.87. The number of carbonyl (C=O) groups is 1. The molecule has 0 spiro atoms. The van der Waals surface area contributed by atoms with E-state index < -0.39 is 10.0 Å². The van der Waals surface area contributed by atoms with Crippen molar-refractivity contribution in [3.8, 4) is 17.1 Å². The zero-order chi connectivity index (χ0) is 30.9. The highest BCUT2D eigenvalue weighted by atomic mass is 32.2. The molecule has 10 heteroatoms. The van der Waals surface area contributed by atoms with Crippen molar-refractivity contribution in [2.24, 2.45) is 11.8 Å². The number of ether oxygens (including phenoxy) is 1. The lowest BCUT2D eigenvalue weighted by Gasteiger charge is -2.42. The van der Waals surface area contributed by atoms with Gasteiger partial charge >= 0.3 is 0 Å². The number of anilines is 1. The average Bonchev–Trinajstić information content (AvgIpc) is 2.97. The van der Waals surface area contributed by atoms with Gasteiger partial charge in [0, 0.05) is 29.3 Å². The van der Waals surface area contributed by atoms with Gasteiger partial charge in [0.2, 0.25) is 11.8 Å². The molecule has 0 saturated heterocycles. The van der Waals surface area contributed by atoms with E-state index in [0.29, 0.717) is 23.2 Å². The highest BCUT2D eigenvalue weighted by Gasteiger charge is 2.36. The van der Waals surface area contributed by atoms with E-state index in [1.54, 1.807) is 12.1 Å². The van der Waals surface area contributed by atoms with E-state index >= 15 is 0 Å². The summed E-state index contributed by atoms with van der Waals surface area (Å²) in [6.45, 7) is 10.5. The molecule has 0 unspecified atom stereocenters. The maximum atomic E-state index is 14.3. The number of nitrogens with one attached hydrogen (secondary N) is 1. The third-order valence-corrected chi connectivity index (χ3v) is 10.0. The SMILES string of the molecule is Cc1cccc(C)c1-c1nc2nc(c1C)OC[C@@H](CC(C)C)N(C1CCC(CO)CC1)C(=O)c1cccc(c1)S(=O)(=O)N2. The minimum atomic E-state index is -4.13. The van der Waals surface area contributed by atoms with Gasteiger partial charge in [-0.2, -0.15) is 4.98 Å². The molecule has 1 aliphatic carbocycles. The van der Waals surface area contributed by atoms with Crippen LogP contribution in [0.25, 0.3) is 11.3 Å². The van der Waals surface area contributed by atoms with Crippen molar-refractivity contribution < 1.29 is 23.1 Å². The molecule has 4 bridgehead atoms. The molecule has 9 nitrogen and oxygen atoms in total.